The number of hydrogen-bond donors (Lipinski definition) is 0. The van der Waals surface area contributed by atoms with E-state index in [-0.39, 0.29) is 11.9 Å². The third-order valence-electron chi connectivity index (χ3n) is 4.66. The third-order valence-corrected chi connectivity index (χ3v) is 5.21. The average Bonchev–Trinajstić information content (AvgIpc) is 3.08. The van der Waals surface area contributed by atoms with Gasteiger partial charge in [0.25, 0.3) is 0 Å². The van der Waals surface area contributed by atoms with Crippen LogP contribution in [0.5, 0.6) is 0 Å². The zero-order chi connectivity index (χ0) is 16.0. The molecule has 0 spiro atoms. The summed E-state index contributed by atoms with van der Waals surface area (Å²) in [6.45, 7) is 0.467. The van der Waals surface area contributed by atoms with Crippen LogP contribution in [0.3, 0.4) is 0 Å². The van der Waals surface area contributed by atoms with Gasteiger partial charge in [0.05, 0.1) is 17.7 Å². The molecule has 2 aromatic rings. The summed E-state index contributed by atoms with van der Waals surface area (Å²) in [5.41, 5.74) is 1.11. The molecule has 0 aliphatic carbocycles. The first kappa shape index (κ1) is 15.0. The van der Waals surface area contributed by atoms with Crippen LogP contribution in [0.1, 0.15) is 30.0 Å². The summed E-state index contributed by atoms with van der Waals surface area (Å²) >= 11 is 12.4. The Morgan fingerprint density at radius 1 is 1.13 bits per heavy atom. The molecule has 2 saturated heterocycles. The minimum atomic E-state index is -0.779. The van der Waals surface area contributed by atoms with Crippen molar-refractivity contribution in [3.63, 3.8) is 0 Å². The van der Waals surface area contributed by atoms with Crippen molar-refractivity contribution in [3.05, 3.63) is 69.7 Å². The second-order valence-corrected chi connectivity index (χ2v) is 6.75. The molecule has 0 unspecified atom stereocenters. The summed E-state index contributed by atoms with van der Waals surface area (Å²) < 4.78 is 6.19. The molecule has 118 valence electrons. The molecule has 0 radical (unpaired) electrons. The lowest BCUT2D eigenvalue weighted by molar-refractivity contribution is -0.139. The van der Waals surface area contributed by atoms with Crippen LogP contribution in [0.4, 0.5) is 0 Å². The van der Waals surface area contributed by atoms with E-state index in [0.29, 0.717) is 29.5 Å². The fraction of sp³-hybridized carbons (Fsp3) is 0.278. The molecule has 1 amide bonds. The summed E-state index contributed by atoms with van der Waals surface area (Å²) in [5, 5.41) is 1.11. The summed E-state index contributed by atoms with van der Waals surface area (Å²) in [7, 11) is 0. The van der Waals surface area contributed by atoms with Gasteiger partial charge in [0.15, 0.2) is 5.72 Å². The number of halogens is 2. The molecule has 0 N–H and O–H groups in total. The lowest BCUT2D eigenvalue weighted by Crippen LogP contribution is -2.40. The van der Waals surface area contributed by atoms with Crippen LogP contribution in [0.25, 0.3) is 0 Å². The highest BCUT2D eigenvalue weighted by Gasteiger charge is 2.56. The normalized spacial score (nSPS) is 26.6. The molecule has 0 aromatic heterocycles. The van der Waals surface area contributed by atoms with E-state index in [1.807, 2.05) is 41.3 Å². The van der Waals surface area contributed by atoms with Crippen LogP contribution >= 0.6 is 23.2 Å². The summed E-state index contributed by atoms with van der Waals surface area (Å²) in [5.74, 6) is 0.0994. The average molecular weight is 348 g/mol. The van der Waals surface area contributed by atoms with Crippen molar-refractivity contribution in [1.82, 2.24) is 4.90 Å². The maximum absolute atomic E-state index is 12.6. The minimum Gasteiger partial charge on any atom is -0.349 e. The molecule has 0 saturated carbocycles. The van der Waals surface area contributed by atoms with E-state index in [0.717, 1.165) is 11.1 Å². The van der Waals surface area contributed by atoms with Gasteiger partial charge in [-0.25, -0.2) is 0 Å². The van der Waals surface area contributed by atoms with Crippen molar-refractivity contribution in [2.24, 2.45) is 0 Å². The van der Waals surface area contributed by atoms with Crippen molar-refractivity contribution in [3.8, 4) is 0 Å². The van der Waals surface area contributed by atoms with Crippen LogP contribution in [0.15, 0.2) is 48.5 Å². The molecule has 4 rings (SSSR count). The lowest BCUT2D eigenvalue weighted by atomic mass is 9.99. The van der Waals surface area contributed by atoms with Gasteiger partial charge < -0.3 is 9.64 Å². The van der Waals surface area contributed by atoms with Gasteiger partial charge in [0.1, 0.15) is 0 Å². The molecule has 2 aliphatic heterocycles. The Balaban J connectivity index is 1.81. The number of carbonyl (C=O) groups excluding carboxylic acids is 1. The summed E-state index contributed by atoms with van der Waals surface area (Å²) in [6.07, 6.45) is 1.07. The van der Waals surface area contributed by atoms with Crippen molar-refractivity contribution < 1.29 is 9.53 Å². The number of carbonyl (C=O) groups is 1. The number of fused-ring (bicyclic) bond motifs is 1. The van der Waals surface area contributed by atoms with Crippen LogP contribution in [-0.4, -0.2) is 17.4 Å². The van der Waals surface area contributed by atoms with E-state index in [4.69, 9.17) is 27.9 Å². The maximum atomic E-state index is 12.6. The highest BCUT2D eigenvalue weighted by atomic mass is 35.5. The highest BCUT2D eigenvalue weighted by Crippen LogP contribution is 2.52. The molecular weight excluding hydrogens is 333 g/mol. The number of rotatable bonds is 2. The largest absolute Gasteiger partial charge is 0.349 e. The van der Waals surface area contributed by atoms with E-state index >= 15 is 0 Å². The number of ether oxygens (including phenoxy) is 1. The molecular formula is C18H15Cl2NO2. The van der Waals surface area contributed by atoms with Gasteiger partial charge in [-0.05, 0) is 17.7 Å². The first-order valence-corrected chi connectivity index (χ1v) is 8.34. The second-order valence-electron chi connectivity index (χ2n) is 5.91. The van der Waals surface area contributed by atoms with E-state index in [9.17, 15) is 4.79 Å². The molecule has 2 fully saturated rings. The zero-order valence-electron chi connectivity index (χ0n) is 12.3. The van der Waals surface area contributed by atoms with Gasteiger partial charge in [0.2, 0.25) is 5.91 Å². The smallest absolute Gasteiger partial charge is 0.225 e. The molecule has 2 aliphatic rings. The quantitative estimate of drug-likeness (QED) is 0.797. The number of nitrogens with zero attached hydrogens (tertiary/aromatic N) is 1. The molecule has 0 bridgehead atoms. The second kappa shape index (κ2) is 5.52. The number of benzene rings is 2. The number of amides is 1. The first-order chi connectivity index (χ1) is 11.1. The van der Waals surface area contributed by atoms with Crippen LogP contribution < -0.4 is 0 Å². The lowest BCUT2D eigenvalue weighted by Gasteiger charge is -2.34. The Morgan fingerprint density at radius 3 is 2.65 bits per heavy atom. The fourth-order valence-corrected chi connectivity index (χ4v) is 4.20. The van der Waals surface area contributed by atoms with Crippen molar-refractivity contribution in [2.45, 2.75) is 24.6 Å². The summed E-state index contributed by atoms with van der Waals surface area (Å²) in [6, 6.07) is 15.2. The predicted molar refractivity (Wildman–Crippen MR) is 89.4 cm³/mol. The molecule has 3 nitrogen and oxygen atoms in total. The Morgan fingerprint density at radius 2 is 1.91 bits per heavy atom. The maximum Gasteiger partial charge on any atom is 0.225 e. The van der Waals surface area contributed by atoms with Crippen LogP contribution in [0.2, 0.25) is 10.0 Å². The number of hydrogen-bond acceptors (Lipinski definition) is 2. The Hall–Kier alpha value is -1.55. The SMILES string of the molecule is O=C1CC[C@@]2(c3ccc(Cl)cc3Cl)OC[C@H](c3ccccc3)N12. The van der Waals surface area contributed by atoms with E-state index in [2.05, 4.69) is 0 Å². The third kappa shape index (κ3) is 2.26. The molecule has 5 heteroatoms. The van der Waals surface area contributed by atoms with Crippen LogP contribution in [-0.2, 0) is 15.3 Å². The monoisotopic (exact) mass is 347 g/mol. The predicted octanol–water partition coefficient (Wildman–Crippen LogP) is 4.54. The Bertz CT molecular complexity index is 765. The van der Waals surface area contributed by atoms with Crippen molar-refractivity contribution in [1.29, 1.82) is 0 Å². The van der Waals surface area contributed by atoms with Gasteiger partial charge in [-0.3, -0.25) is 4.79 Å². The molecule has 23 heavy (non-hydrogen) atoms. The van der Waals surface area contributed by atoms with E-state index < -0.39 is 5.72 Å². The Labute approximate surface area is 144 Å². The molecule has 2 aromatic carbocycles. The first-order valence-electron chi connectivity index (χ1n) is 7.58. The highest BCUT2D eigenvalue weighted by molar-refractivity contribution is 6.35. The van der Waals surface area contributed by atoms with Gasteiger partial charge in [-0.15, -0.1) is 0 Å². The fourth-order valence-electron chi connectivity index (χ4n) is 3.65. The van der Waals surface area contributed by atoms with Gasteiger partial charge in [-0.2, -0.15) is 0 Å². The van der Waals surface area contributed by atoms with E-state index in [1.54, 1.807) is 12.1 Å². The van der Waals surface area contributed by atoms with Crippen molar-refractivity contribution >= 4 is 29.1 Å². The molecule has 2 atom stereocenters. The Kier molecular flexibility index (Phi) is 3.60. The standard InChI is InChI=1S/C18H15Cl2NO2/c19-13-6-7-14(15(20)10-13)18-9-8-17(22)21(18)16(11-23-18)12-4-2-1-3-5-12/h1-7,10,16H,8-9,11H2/t16-,18+/m1/s1. The van der Waals surface area contributed by atoms with Crippen LogP contribution in [0, 0.1) is 0 Å². The van der Waals surface area contributed by atoms with Gasteiger partial charge >= 0.3 is 0 Å². The van der Waals surface area contributed by atoms with Gasteiger partial charge in [-0.1, -0.05) is 59.6 Å². The summed E-state index contributed by atoms with van der Waals surface area (Å²) in [4.78, 5) is 14.4. The van der Waals surface area contributed by atoms with Gasteiger partial charge in [0, 0.05) is 23.4 Å². The van der Waals surface area contributed by atoms with Crippen molar-refractivity contribution in [2.75, 3.05) is 6.61 Å². The van der Waals surface area contributed by atoms with E-state index in [1.165, 1.54) is 0 Å². The minimum absolute atomic E-state index is 0.0852. The zero-order valence-corrected chi connectivity index (χ0v) is 13.8. The molecule has 2 heterocycles. The topological polar surface area (TPSA) is 29.5 Å².